The molecule has 7 heteroatoms. The molecule has 0 fully saturated rings. The van der Waals surface area contributed by atoms with Gasteiger partial charge >= 0.3 is 0 Å². The van der Waals surface area contributed by atoms with E-state index in [0.29, 0.717) is 40.4 Å². The highest BCUT2D eigenvalue weighted by Gasteiger charge is 2.37. The van der Waals surface area contributed by atoms with Crippen LogP contribution in [0.1, 0.15) is 36.3 Å². The van der Waals surface area contributed by atoms with Gasteiger partial charge in [-0.3, -0.25) is 14.9 Å². The van der Waals surface area contributed by atoms with E-state index < -0.39 is 4.92 Å². The summed E-state index contributed by atoms with van der Waals surface area (Å²) < 4.78 is 1.69. The summed E-state index contributed by atoms with van der Waals surface area (Å²) in [6.45, 7) is 4.10. The van der Waals surface area contributed by atoms with Gasteiger partial charge in [0.15, 0.2) is 5.78 Å². The van der Waals surface area contributed by atoms with Gasteiger partial charge in [0.25, 0.3) is 5.69 Å². The van der Waals surface area contributed by atoms with Crippen molar-refractivity contribution >= 4 is 23.1 Å². The molecule has 28 heavy (non-hydrogen) atoms. The molecule has 1 aliphatic rings. The monoisotopic (exact) mass is 395 g/mol. The maximum Gasteiger partial charge on any atom is 0.269 e. The van der Waals surface area contributed by atoms with Crippen molar-refractivity contribution in [3.05, 3.63) is 74.9 Å². The number of ketones is 1. The van der Waals surface area contributed by atoms with Crippen molar-refractivity contribution in [2.24, 2.45) is 5.41 Å². The topological polar surface area (TPSA) is 78.0 Å². The van der Waals surface area contributed by atoms with Crippen LogP contribution in [-0.4, -0.2) is 20.5 Å². The number of Topliss-reactive ketones (excluding diaryl/α,β-unsaturated/α-hetero) is 1. The van der Waals surface area contributed by atoms with Crippen LogP contribution < -0.4 is 0 Å². The summed E-state index contributed by atoms with van der Waals surface area (Å²) >= 11 is 6.41. The first-order chi connectivity index (χ1) is 13.3. The van der Waals surface area contributed by atoms with E-state index in [-0.39, 0.29) is 16.9 Å². The molecule has 0 spiro atoms. The zero-order valence-electron chi connectivity index (χ0n) is 15.5. The van der Waals surface area contributed by atoms with Crippen molar-refractivity contribution in [2.75, 3.05) is 0 Å². The van der Waals surface area contributed by atoms with Gasteiger partial charge in [0.05, 0.1) is 32.6 Å². The third-order valence-corrected chi connectivity index (χ3v) is 5.27. The van der Waals surface area contributed by atoms with Crippen LogP contribution >= 0.6 is 11.6 Å². The molecule has 0 bridgehead atoms. The van der Waals surface area contributed by atoms with Crippen molar-refractivity contribution in [1.82, 2.24) is 9.78 Å². The number of fused-ring (bicyclic) bond motifs is 1. The fourth-order valence-corrected chi connectivity index (χ4v) is 3.94. The van der Waals surface area contributed by atoms with Crippen LogP contribution in [0.15, 0.2) is 48.5 Å². The summed E-state index contributed by atoms with van der Waals surface area (Å²) in [7, 11) is 0. The Morgan fingerprint density at radius 3 is 2.43 bits per heavy atom. The third-order valence-electron chi connectivity index (χ3n) is 4.95. The predicted octanol–water partition coefficient (Wildman–Crippen LogP) is 5.26. The van der Waals surface area contributed by atoms with E-state index in [4.69, 9.17) is 16.7 Å². The van der Waals surface area contributed by atoms with E-state index in [2.05, 4.69) is 0 Å². The Balaban J connectivity index is 1.98. The standard InChI is InChI=1S/C21H18ClN3O3/c1-21(2)11-16-19(18(26)12-21)20(13-7-9-14(10-8-13)25(27)28)24(23-16)17-6-4-3-5-15(17)22/h3-10H,11-12H2,1-2H3. The molecule has 4 rings (SSSR count). The molecule has 2 aromatic carbocycles. The summed E-state index contributed by atoms with van der Waals surface area (Å²) in [5.41, 5.74) is 3.11. The van der Waals surface area contributed by atoms with Gasteiger partial charge in [-0.25, -0.2) is 4.68 Å². The normalized spacial score (nSPS) is 15.3. The van der Waals surface area contributed by atoms with Gasteiger partial charge in [0.2, 0.25) is 0 Å². The minimum Gasteiger partial charge on any atom is -0.294 e. The molecule has 0 radical (unpaired) electrons. The highest BCUT2D eigenvalue weighted by molar-refractivity contribution is 6.32. The second-order valence-electron chi connectivity index (χ2n) is 7.78. The van der Waals surface area contributed by atoms with E-state index in [1.807, 2.05) is 32.0 Å². The largest absolute Gasteiger partial charge is 0.294 e. The Morgan fingerprint density at radius 1 is 1.11 bits per heavy atom. The molecular weight excluding hydrogens is 378 g/mol. The Bertz CT molecular complexity index is 1100. The number of carbonyl (C=O) groups is 1. The molecule has 0 saturated carbocycles. The smallest absolute Gasteiger partial charge is 0.269 e. The Morgan fingerprint density at radius 2 is 1.79 bits per heavy atom. The number of nitro groups is 1. The fraction of sp³-hybridized carbons (Fsp3) is 0.238. The van der Waals surface area contributed by atoms with E-state index in [0.717, 1.165) is 5.69 Å². The number of nitro benzene ring substituents is 1. The first-order valence-electron chi connectivity index (χ1n) is 8.92. The quantitative estimate of drug-likeness (QED) is 0.447. The highest BCUT2D eigenvalue weighted by atomic mass is 35.5. The van der Waals surface area contributed by atoms with Crippen LogP contribution in [-0.2, 0) is 6.42 Å². The number of hydrogen-bond donors (Lipinski definition) is 0. The molecule has 0 N–H and O–H groups in total. The highest BCUT2D eigenvalue weighted by Crippen LogP contribution is 2.40. The van der Waals surface area contributed by atoms with Crippen LogP contribution in [0.2, 0.25) is 5.02 Å². The Hall–Kier alpha value is -2.99. The molecule has 1 aromatic heterocycles. The molecule has 142 valence electrons. The number of aromatic nitrogens is 2. The first kappa shape index (κ1) is 18.4. The van der Waals surface area contributed by atoms with Gasteiger partial charge in [-0.15, -0.1) is 0 Å². The van der Waals surface area contributed by atoms with Crippen molar-refractivity contribution < 1.29 is 9.72 Å². The maximum atomic E-state index is 13.0. The SMILES string of the molecule is CC1(C)CC(=O)c2c(nn(-c3ccccc3Cl)c2-c2ccc([N+](=O)[O-])cc2)C1. The molecule has 0 aliphatic heterocycles. The lowest BCUT2D eigenvalue weighted by molar-refractivity contribution is -0.384. The minimum absolute atomic E-state index is 0.00566. The summed E-state index contributed by atoms with van der Waals surface area (Å²) in [5.74, 6) is 0.0258. The summed E-state index contributed by atoms with van der Waals surface area (Å²) in [6, 6.07) is 13.5. The molecule has 0 saturated heterocycles. The van der Waals surface area contributed by atoms with Crippen molar-refractivity contribution in [3.63, 3.8) is 0 Å². The van der Waals surface area contributed by atoms with Gasteiger partial charge in [-0.2, -0.15) is 5.10 Å². The van der Waals surface area contributed by atoms with Gasteiger partial charge in [0.1, 0.15) is 0 Å². The second-order valence-corrected chi connectivity index (χ2v) is 8.19. The number of para-hydroxylation sites is 1. The van der Waals surface area contributed by atoms with Crippen LogP contribution in [0.5, 0.6) is 0 Å². The van der Waals surface area contributed by atoms with E-state index in [1.54, 1.807) is 22.9 Å². The lowest BCUT2D eigenvalue weighted by atomic mass is 9.75. The Kier molecular flexibility index (Phi) is 4.31. The van der Waals surface area contributed by atoms with Gasteiger partial charge < -0.3 is 0 Å². The van der Waals surface area contributed by atoms with Crippen molar-refractivity contribution in [2.45, 2.75) is 26.7 Å². The third kappa shape index (κ3) is 3.10. The van der Waals surface area contributed by atoms with Crippen molar-refractivity contribution in [1.29, 1.82) is 0 Å². The summed E-state index contributed by atoms with van der Waals surface area (Å²) in [6.07, 6.45) is 1.10. The molecule has 1 aliphatic carbocycles. The molecule has 0 atom stereocenters. The molecule has 0 amide bonds. The molecule has 6 nitrogen and oxygen atoms in total. The van der Waals surface area contributed by atoms with Crippen LogP contribution in [0.25, 0.3) is 16.9 Å². The second kappa shape index (κ2) is 6.56. The minimum atomic E-state index is -0.446. The number of nitrogens with zero attached hydrogens (tertiary/aromatic N) is 3. The van der Waals surface area contributed by atoms with Gasteiger partial charge in [-0.1, -0.05) is 37.6 Å². The average Bonchev–Trinajstić information content (AvgIpc) is 3.00. The van der Waals surface area contributed by atoms with Crippen LogP contribution in [0.3, 0.4) is 0 Å². The van der Waals surface area contributed by atoms with Crippen molar-refractivity contribution in [3.8, 4) is 16.9 Å². The maximum absolute atomic E-state index is 13.0. The van der Waals surface area contributed by atoms with Gasteiger partial charge in [-0.05, 0) is 36.1 Å². The van der Waals surface area contributed by atoms with Crippen LogP contribution in [0, 0.1) is 15.5 Å². The number of carbonyl (C=O) groups excluding carboxylic acids is 1. The number of halogens is 1. The lowest BCUT2D eigenvalue weighted by Crippen LogP contribution is -2.26. The molecule has 1 heterocycles. The zero-order chi connectivity index (χ0) is 20.1. The zero-order valence-corrected chi connectivity index (χ0v) is 16.2. The lowest BCUT2D eigenvalue weighted by Gasteiger charge is -2.27. The fourth-order valence-electron chi connectivity index (χ4n) is 3.72. The molecule has 0 unspecified atom stereocenters. The Labute approximate surface area is 166 Å². The number of non-ortho nitro benzene ring substituents is 1. The number of hydrogen-bond acceptors (Lipinski definition) is 4. The van der Waals surface area contributed by atoms with Gasteiger partial charge in [0, 0.05) is 24.1 Å². The summed E-state index contributed by atoms with van der Waals surface area (Å²) in [5, 5.41) is 16.3. The molecule has 3 aromatic rings. The van der Waals surface area contributed by atoms with Crippen LogP contribution in [0.4, 0.5) is 5.69 Å². The number of benzene rings is 2. The van der Waals surface area contributed by atoms with E-state index in [1.165, 1.54) is 12.1 Å². The molecular formula is C21H18ClN3O3. The predicted molar refractivity (Wildman–Crippen MR) is 107 cm³/mol. The summed E-state index contributed by atoms with van der Waals surface area (Å²) in [4.78, 5) is 23.6. The van der Waals surface area contributed by atoms with E-state index >= 15 is 0 Å². The average molecular weight is 396 g/mol. The van der Waals surface area contributed by atoms with E-state index in [9.17, 15) is 14.9 Å². The first-order valence-corrected chi connectivity index (χ1v) is 9.29. The number of rotatable bonds is 3.